The lowest BCUT2D eigenvalue weighted by molar-refractivity contribution is 0.0730. The first-order valence-corrected chi connectivity index (χ1v) is 9.73. The Morgan fingerprint density at radius 1 is 1.19 bits per heavy atom. The summed E-state index contributed by atoms with van der Waals surface area (Å²) in [6.45, 7) is 4.97. The molecule has 1 fully saturated rings. The molecule has 1 N–H and O–H groups in total. The van der Waals surface area contributed by atoms with E-state index < -0.39 is 10.0 Å². The van der Waals surface area contributed by atoms with Crippen LogP contribution in [-0.4, -0.2) is 54.7 Å². The minimum atomic E-state index is -3.66. The second kappa shape index (κ2) is 7.18. The Morgan fingerprint density at radius 2 is 1.88 bits per heavy atom. The molecule has 1 aromatic heterocycles. The lowest BCUT2D eigenvalue weighted by Gasteiger charge is -2.26. The van der Waals surface area contributed by atoms with Crippen molar-refractivity contribution in [2.75, 3.05) is 31.6 Å². The van der Waals surface area contributed by atoms with Gasteiger partial charge < -0.3 is 10.1 Å². The molecular formula is C17H22N4O4S. The molecule has 140 valence electrons. The fourth-order valence-corrected chi connectivity index (χ4v) is 4.29. The topological polar surface area (TPSA) is 93.5 Å². The number of hydrogen-bond donors (Lipinski definition) is 1. The quantitative estimate of drug-likeness (QED) is 0.866. The van der Waals surface area contributed by atoms with Gasteiger partial charge in [0, 0.05) is 31.8 Å². The van der Waals surface area contributed by atoms with Crippen LogP contribution in [0.15, 0.2) is 29.2 Å². The summed E-state index contributed by atoms with van der Waals surface area (Å²) in [5, 5.41) is 6.97. The molecule has 0 bridgehead atoms. The van der Waals surface area contributed by atoms with Crippen molar-refractivity contribution in [1.29, 1.82) is 0 Å². The van der Waals surface area contributed by atoms with Gasteiger partial charge in [0.15, 0.2) is 0 Å². The van der Waals surface area contributed by atoms with Gasteiger partial charge >= 0.3 is 0 Å². The zero-order valence-corrected chi connectivity index (χ0v) is 15.8. The monoisotopic (exact) mass is 378 g/mol. The lowest BCUT2D eigenvalue weighted by Crippen LogP contribution is -2.40. The van der Waals surface area contributed by atoms with E-state index in [9.17, 15) is 13.2 Å². The molecular weight excluding hydrogens is 356 g/mol. The van der Waals surface area contributed by atoms with Gasteiger partial charge in [-0.05, 0) is 31.5 Å². The van der Waals surface area contributed by atoms with Crippen LogP contribution < -0.4 is 5.32 Å². The second-order valence-corrected chi connectivity index (χ2v) is 8.18. The molecule has 0 atom stereocenters. The van der Waals surface area contributed by atoms with Crippen LogP contribution in [-0.2, 0) is 21.8 Å². The summed E-state index contributed by atoms with van der Waals surface area (Å²) >= 11 is 0. The molecule has 1 aliphatic rings. The highest BCUT2D eigenvalue weighted by Crippen LogP contribution is 2.21. The van der Waals surface area contributed by atoms with Gasteiger partial charge in [-0.15, -0.1) is 0 Å². The number of nitrogens with zero attached hydrogens (tertiary/aromatic N) is 3. The molecule has 1 aliphatic heterocycles. The fourth-order valence-electron chi connectivity index (χ4n) is 2.85. The molecule has 0 spiro atoms. The Hall–Kier alpha value is -2.23. The van der Waals surface area contributed by atoms with E-state index in [-0.39, 0.29) is 10.8 Å². The Morgan fingerprint density at radius 3 is 2.50 bits per heavy atom. The van der Waals surface area contributed by atoms with E-state index in [1.165, 1.54) is 16.4 Å². The van der Waals surface area contributed by atoms with Crippen molar-refractivity contribution in [2.24, 2.45) is 7.05 Å². The van der Waals surface area contributed by atoms with E-state index in [0.29, 0.717) is 43.2 Å². The number of rotatable bonds is 4. The van der Waals surface area contributed by atoms with Crippen LogP contribution in [0.5, 0.6) is 0 Å². The number of aromatic nitrogens is 2. The molecule has 2 heterocycles. The first kappa shape index (κ1) is 18.6. The zero-order chi connectivity index (χ0) is 18.9. The number of sulfonamides is 1. The largest absolute Gasteiger partial charge is 0.379 e. The summed E-state index contributed by atoms with van der Waals surface area (Å²) in [7, 11) is -1.93. The third-order valence-corrected chi connectivity index (χ3v) is 6.20. The van der Waals surface area contributed by atoms with Crippen molar-refractivity contribution in [2.45, 2.75) is 18.7 Å². The van der Waals surface area contributed by atoms with Gasteiger partial charge in [-0.25, -0.2) is 8.42 Å². The number of amides is 1. The Kier molecular flexibility index (Phi) is 5.12. The van der Waals surface area contributed by atoms with Crippen LogP contribution >= 0.6 is 0 Å². The van der Waals surface area contributed by atoms with Crippen LogP contribution in [0.25, 0.3) is 0 Å². The van der Waals surface area contributed by atoms with Crippen LogP contribution in [0.4, 0.5) is 5.82 Å². The molecule has 1 aromatic carbocycles. The van der Waals surface area contributed by atoms with Gasteiger partial charge in [0.2, 0.25) is 10.0 Å². The van der Waals surface area contributed by atoms with Crippen molar-refractivity contribution in [3.8, 4) is 0 Å². The number of carbonyl (C=O) groups excluding carboxylic acids is 1. The molecule has 26 heavy (non-hydrogen) atoms. The molecule has 1 saturated heterocycles. The molecule has 0 aliphatic carbocycles. The fraction of sp³-hybridized carbons (Fsp3) is 0.412. The van der Waals surface area contributed by atoms with E-state index in [2.05, 4.69) is 10.4 Å². The number of ether oxygens (including phenoxy) is 1. The van der Waals surface area contributed by atoms with E-state index in [0.717, 1.165) is 5.69 Å². The van der Waals surface area contributed by atoms with E-state index in [4.69, 9.17) is 4.74 Å². The Bertz CT molecular complexity index is 930. The molecule has 8 nitrogen and oxygen atoms in total. The van der Waals surface area contributed by atoms with E-state index >= 15 is 0 Å². The summed E-state index contributed by atoms with van der Waals surface area (Å²) in [5.74, 6) is 0.179. The highest BCUT2D eigenvalue weighted by Gasteiger charge is 2.27. The summed E-state index contributed by atoms with van der Waals surface area (Å²) in [6.07, 6.45) is 0. The SMILES string of the molecule is Cc1cc(NC(=O)c2cc(S(=O)(=O)N3CCOCC3)ccc2C)n(C)n1. The first-order chi connectivity index (χ1) is 12.3. The van der Waals surface area contributed by atoms with Crippen molar-refractivity contribution in [3.05, 3.63) is 41.1 Å². The third-order valence-electron chi connectivity index (χ3n) is 4.31. The average Bonchev–Trinajstić information content (AvgIpc) is 2.93. The summed E-state index contributed by atoms with van der Waals surface area (Å²) in [4.78, 5) is 12.8. The van der Waals surface area contributed by atoms with E-state index in [1.807, 2.05) is 6.92 Å². The van der Waals surface area contributed by atoms with Crippen molar-refractivity contribution >= 4 is 21.7 Å². The zero-order valence-electron chi connectivity index (χ0n) is 15.0. The normalized spacial score (nSPS) is 15.8. The minimum absolute atomic E-state index is 0.108. The van der Waals surface area contributed by atoms with Crippen molar-refractivity contribution in [1.82, 2.24) is 14.1 Å². The standard InChI is InChI=1S/C17H22N4O4S/c1-12-4-5-14(26(23,24)21-6-8-25-9-7-21)11-15(12)17(22)18-16-10-13(2)19-20(16)3/h4-5,10-11H,6-9H2,1-3H3,(H,18,22). The number of hydrogen-bond acceptors (Lipinski definition) is 5. The smallest absolute Gasteiger partial charge is 0.257 e. The van der Waals surface area contributed by atoms with Gasteiger partial charge in [-0.3, -0.25) is 9.48 Å². The summed E-state index contributed by atoms with van der Waals surface area (Å²) < 4.78 is 33.8. The minimum Gasteiger partial charge on any atom is -0.379 e. The second-order valence-electron chi connectivity index (χ2n) is 6.24. The van der Waals surface area contributed by atoms with Gasteiger partial charge in [-0.1, -0.05) is 6.07 Å². The maximum atomic E-state index is 12.8. The summed E-state index contributed by atoms with van der Waals surface area (Å²) in [6, 6.07) is 6.36. The Labute approximate surface area is 152 Å². The van der Waals surface area contributed by atoms with Gasteiger partial charge in [0.1, 0.15) is 5.82 Å². The Balaban J connectivity index is 1.89. The molecule has 3 rings (SSSR count). The maximum Gasteiger partial charge on any atom is 0.257 e. The van der Waals surface area contributed by atoms with Crippen molar-refractivity contribution < 1.29 is 17.9 Å². The number of nitrogens with one attached hydrogen (secondary N) is 1. The number of aryl methyl sites for hydroxylation is 3. The predicted octanol–water partition coefficient (Wildman–Crippen LogP) is 1.31. The molecule has 0 unspecified atom stereocenters. The van der Waals surface area contributed by atoms with Crippen LogP contribution in [0.1, 0.15) is 21.6 Å². The number of carbonyl (C=O) groups is 1. The summed E-state index contributed by atoms with van der Waals surface area (Å²) in [5.41, 5.74) is 1.80. The maximum absolute atomic E-state index is 12.8. The average molecular weight is 378 g/mol. The van der Waals surface area contributed by atoms with Gasteiger partial charge in [0.05, 0.1) is 23.8 Å². The molecule has 2 aromatic rings. The first-order valence-electron chi connectivity index (χ1n) is 8.29. The number of anilines is 1. The van der Waals surface area contributed by atoms with Crippen LogP contribution in [0.3, 0.4) is 0 Å². The van der Waals surface area contributed by atoms with Crippen LogP contribution in [0, 0.1) is 13.8 Å². The van der Waals surface area contributed by atoms with Crippen LogP contribution in [0.2, 0.25) is 0 Å². The lowest BCUT2D eigenvalue weighted by atomic mass is 10.1. The molecule has 1 amide bonds. The molecule has 0 radical (unpaired) electrons. The highest BCUT2D eigenvalue weighted by atomic mass is 32.2. The third kappa shape index (κ3) is 3.64. The van der Waals surface area contributed by atoms with Crippen molar-refractivity contribution in [3.63, 3.8) is 0 Å². The van der Waals surface area contributed by atoms with Gasteiger partial charge in [-0.2, -0.15) is 9.40 Å². The predicted molar refractivity (Wildman–Crippen MR) is 96.7 cm³/mol. The van der Waals surface area contributed by atoms with Gasteiger partial charge in [0.25, 0.3) is 5.91 Å². The van der Waals surface area contributed by atoms with E-state index in [1.54, 1.807) is 30.8 Å². The molecule has 9 heteroatoms. The number of benzene rings is 1. The highest BCUT2D eigenvalue weighted by molar-refractivity contribution is 7.89. The molecule has 0 saturated carbocycles. The number of morpholine rings is 1.